The Morgan fingerprint density at radius 2 is 2.00 bits per heavy atom. The van der Waals surface area contributed by atoms with E-state index in [0.29, 0.717) is 21.5 Å². The number of sulfonamides is 1. The highest BCUT2D eigenvalue weighted by atomic mass is 79.9. The Labute approximate surface area is 161 Å². The van der Waals surface area contributed by atoms with Crippen LogP contribution in [0.1, 0.15) is 11.1 Å². The van der Waals surface area contributed by atoms with E-state index in [1.165, 1.54) is 25.5 Å². The minimum atomic E-state index is -3.73. The first-order chi connectivity index (χ1) is 12.4. The molecule has 6 nitrogen and oxygen atoms in total. The van der Waals surface area contributed by atoms with Crippen LogP contribution < -0.4 is 14.3 Å². The summed E-state index contributed by atoms with van der Waals surface area (Å²) in [6.07, 6.45) is 6.56. The molecule has 0 aliphatic heterocycles. The number of rotatable bonds is 7. The van der Waals surface area contributed by atoms with Crippen LogP contribution in [0, 0.1) is 19.3 Å². The van der Waals surface area contributed by atoms with Crippen molar-refractivity contribution in [3.8, 4) is 23.8 Å². The van der Waals surface area contributed by atoms with Gasteiger partial charge in [0.1, 0.15) is 6.61 Å². The molecule has 0 atom stereocenters. The largest absolute Gasteiger partial charge is 0.493 e. The van der Waals surface area contributed by atoms with Gasteiger partial charge in [-0.25, -0.2) is 4.83 Å². The maximum atomic E-state index is 12.2. The van der Waals surface area contributed by atoms with Gasteiger partial charge >= 0.3 is 0 Å². The highest BCUT2D eigenvalue weighted by Gasteiger charge is 2.13. The van der Waals surface area contributed by atoms with Crippen molar-refractivity contribution in [2.24, 2.45) is 5.10 Å². The van der Waals surface area contributed by atoms with Gasteiger partial charge in [0.15, 0.2) is 11.5 Å². The number of hydrazone groups is 1. The molecule has 2 aromatic rings. The van der Waals surface area contributed by atoms with Gasteiger partial charge in [-0.05, 0) is 52.7 Å². The standard InChI is InChI=1S/C18H17BrN2O4S/c1-4-9-25-18-16(19)10-14(11-17(18)24-3)12-20-21-26(22,23)15-7-5-13(2)6-8-15/h1,5-8,10-12,21H,9H2,2-3H3/b20-12-. The van der Waals surface area contributed by atoms with Crippen LogP contribution in [0.25, 0.3) is 0 Å². The van der Waals surface area contributed by atoms with Crippen molar-refractivity contribution in [1.29, 1.82) is 0 Å². The molecule has 136 valence electrons. The van der Waals surface area contributed by atoms with E-state index < -0.39 is 10.0 Å². The van der Waals surface area contributed by atoms with Crippen LogP contribution in [0.2, 0.25) is 0 Å². The zero-order valence-electron chi connectivity index (χ0n) is 14.2. The third-order valence-corrected chi connectivity index (χ3v) is 5.10. The molecule has 0 unspecified atom stereocenters. The van der Waals surface area contributed by atoms with Crippen molar-refractivity contribution in [3.05, 3.63) is 52.0 Å². The van der Waals surface area contributed by atoms with Crippen LogP contribution >= 0.6 is 15.9 Å². The van der Waals surface area contributed by atoms with Gasteiger partial charge in [0.25, 0.3) is 10.0 Å². The Hall–Kier alpha value is -2.50. The Balaban J connectivity index is 2.18. The first kappa shape index (κ1) is 19.8. The Kier molecular flexibility index (Phi) is 6.66. The molecule has 1 N–H and O–H groups in total. The van der Waals surface area contributed by atoms with Gasteiger partial charge in [0, 0.05) is 0 Å². The number of methoxy groups -OCH3 is 1. The van der Waals surface area contributed by atoms with Crippen LogP contribution in [0.4, 0.5) is 0 Å². The predicted octanol–water partition coefficient (Wildman–Crippen LogP) is 3.09. The lowest BCUT2D eigenvalue weighted by Crippen LogP contribution is -2.18. The van der Waals surface area contributed by atoms with Crippen LogP contribution in [-0.4, -0.2) is 28.3 Å². The maximum Gasteiger partial charge on any atom is 0.276 e. The Morgan fingerprint density at radius 3 is 2.62 bits per heavy atom. The molecule has 0 radical (unpaired) electrons. The topological polar surface area (TPSA) is 77.0 Å². The van der Waals surface area contributed by atoms with E-state index >= 15 is 0 Å². The normalized spacial score (nSPS) is 11.2. The van der Waals surface area contributed by atoms with Gasteiger partial charge in [-0.1, -0.05) is 23.6 Å². The van der Waals surface area contributed by atoms with E-state index in [4.69, 9.17) is 15.9 Å². The van der Waals surface area contributed by atoms with Gasteiger partial charge < -0.3 is 9.47 Å². The average molecular weight is 437 g/mol. The van der Waals surface area contributed by atoms with Gasteiger partial charge in [-0.15, -0.1) is 6.42 Å². The summed E-state index contributed by atoms with van der Waals surface area (Å²) in [7, 11) is -2.24. The van der Waals surface area contributed by atoms with Gasteiger partial charge in [0.05, 0.1) is 22.7 Å². The zero-order chi connectivity index (χ0) is 19.2. The van der Waals surface area contributed by atoms with Crippen LogP contribution in [0.15, 0.2) is 50.9 Å². The van der Waals surface area contributed by atoms with E-state index in [2.05, 4.69) is 31.8 Å². The van der Waals surface area contributed by atoms with Crippen molar-refractivity contribution in [2.45, 2.75) is 11.8 Å². The van der Waals surface area contributed by atoms with E-state index in [1.54, 1.807) is 24.3 Å². The minimum absolute atomic E-state index is 0.0960. The summed E-state index contributed by atoms with van der Waals surface area (Å²) in [6, 6.07) is 9.83. The second-order valence-electron chi connectivity index (χ2n) is 5.19. The average Bonchev–Trinajstić information content (AvgIpc) is 2.60. The number of aryl methyl sites for hydroxylation is 1. The Morgan fingerprint density at radius 1 is 1.31 bits per heavy atom. The summed E-state index contributed by atoms with van der Waals surface area (Å²) in [6.45, 7) is 1.98. The van der Waals surface area contributed by atoms with Crippen molar-refractivity contribution < 1.29 is 17.9 Å². The lowest BCUT2D eigenvalue weighted by Gasteiger charge is -2.11. The molecule has 8 heteroatoms. The highest BCUT2D eigenvalue weighted by Crippen LogP contribution is 2.36. The molecule has 0 heterocycles. The van der Waals surface area contributed by atoms with Crippen LogP contribution in [-0.2, 0) is 10.0 Å². The summed E-state index contributed by atoms with van der Waals surface area (Å²) in [5.74, 6) is 3.28. The summed E-state index contributed by atoms with van der Waals surface area (Å²) in [5, 5.41) is 3.81. The summed E-state index contributed by atoms with van der Waals surface area (Å²) in [4.78, 5) is 2.31. The van der Waals surface area contributed by atoms with Crippen molar-refractivity contribution in [3.63, 3.8) is 0 Å². The molecule has 0 saturated heterocycles. The van der Waals surface area contributed by atoms with Crippen molar-refractivity contribution in [2.75, 3.05) is 13.7 Å². The summed E-state index contributed by atoms with van der Waals surface area (Å²) >= 11 is 3.37. The quantitative estimate of drug-likeness (QED) is 0.410. The molecule has 0 fully saturated rings. The van der Waals surface area contributed by atoms with E-state index in [1.807, 2.05) is 6.92 Å². The third kappa shape index (κ3) is 5.00. The molecular formula is C18H17BrN2O4S. The third-order valence-electron chi connectivity index (χ3n) is 3.27. The highest BCUT2D eigenvalue weighted by molar-refractivity contribution is 9.10. The molecule has 2 rings (SSSR count). The lowest BCUT2D eigenvalue weighted by molar-refractivity contribution is 0.329. The number of ether oxygens (including phenoxy) is 2. The second kappa shape index (κ2) is 8.74. The molecule has 0 saturated carbocycles. The monoisotopic (exact) mass is 436 g/mol. The van der Waals surface area contributed by atoms with Gasteiger partial charge in [-0.2, -0.15) is 13.5 Å². The first-order valence-electron chi connectivity index (χ1n) is 7.42. The minimum Gasteiger partial charge on any atom is -0.493 e. The van der Waals surface area contributed by atoms with Crippen LogP contribution in [0.3, 0.4) is 0 Å². The first-order valence-corrected chi connectivity index (χ1v) is 9.70. The molecule has 0 aliphatic carbocycles. The maximum absolute atomic E-state index is 12.2. The number of hydrogen-bond donors (Lipinski definition) is 1. The predicted molar refractivity (Wildman–Crippen MR) is 104 cm³/mol. The number of nitrogens with zero attached hydrogens (tertiary/aromatic N) is 1. The molecular weight excluding hydrogens is 420 g/mol. The fraction of sp³-hybridized carbons (Fsp3) is 0.167. The summed E-state index contributed by atoms with van der Waals surface area (Å²) in [5.41, 5.74) is 1.57. The molecule has 0 amide bonds. The fourth-order valence-corrected chi connectivity index (χ4v) is 3.37. The smallest absolute Gasteiger partial charge is 0.276 e. The number of terminal acetylenes is 1. The molecule has 0 aliphatic rings. The lowest BCUT2D eigenvalue weighted by atomic mass is 10.2. The number of halogens is 1. The molecule has 0 aromatic heterocycles. The number of hydrogen-bond acceptors (Lipinski definition) is 5. The molecule has 0 spiro atoms. The Bertz CT molecular complexity index is 948. The SMILES string of the molecule is C#CCOc1c(Br)cc(/C=N\NS(=O)(=O)c2ccc(C)cc2)cc1OC. The van der Waals surface area contributed by atoms with Crippen LogP contribution in [0.5, 0.6) is 11.5 Å². The second-order valence-corrected chi connectivity index (χ2v) is 7.71. The fourth-order valence-electron chi connectivity index (χ4n) is 2.01. The van der Waals surface area contributed by atoms with Crippen molar-refractivity contribution >= 4 is 32.2 Å². The molecule has 0 bridgehead atoms. The van der Waals surface area contributed by atoms with E-state index in [-0.39, 0.29) is 11.5 Å². The van der Waals surface area contributed by atoms with E-state index in [9.17, 15) is 8.42 Å². The number of benzene rings is 2. The molecule has 2 aromatic carbocycles. The van der Waals surface area contributed by atoms with Crippen molar-refractivity contribution in [1.82, 2.24) is 4.83 Å². The summed E-state index contributed by atoms with van der Waals surface area (Å²) < 4.78 is 35.7. The van der Waals surface area contributed by atoms with E-state index in [0.717, 1.165) is 5.56 Å². The molecule has 26 heavy (non-hydrogen) atoms. The zero-order valence-corrected chi connectivity index (χ0v) is 16.6. The number of nitrogens with one attached hydrogen (secondary N) is 1. The van der Waals surface area contributed by atoms with Gasteiger partial charge in [-0.3, -0.25) is 0 Å². The van der Waals surface area contributed by atoms with Gasteiger partial charge in [0.2, 0.25) is 0 Å².